The van der Waals surface area contributed by atoms with Gasteiger partial charge in [0.2, 0.25) is 5.91 Å². The van der Waals surface area contributed by atoms with Gasteiger partial charge >= 0.3 is 0 Å². The van der Waals surface area contributed by atoms with E-state index in [2.05, 4.69) is 19.2 Å². The molecule has 2 aromatic carbocycles. The second-order valence-electron chi connectivity index (χ2n) is 8.79. The highest BCUT2D eigenvalue weighted by atomic mass is 35.5. The van der Waals surface area contributed by atoms with Gasteiger partial charge in [-0.2, -0.15) is 0 Å². The maximum atomic E-state index is 13.7. The Morgan fingerprint density at radius 1 is 1.16 bits per heavy atom. The van der Waals surface area contributed by atoms with Crippen molar-refractivity contribution < 1.29 is 9.59 Å². The van der Waals surface area contributed by atoms with E-state index in [0.29, 0.717) is 23.2 Å². The van der Waals surface area contributed by atoms with Gasteiger partial charge in [0.1, 0.15) is 12.6 Å². The highest BCUT2D eigenvalue weighted by molar-refractivity contribution is 6.32. The van der Waals surface area contributed by atoms with Crippen molar-refractivity contribution in [3.05, 3.63) is 64.7 Å². The zero-order chi connectivity index (χ0) is 23.3. The molecule has 0 bridgehead atoms. The van der Waals surface area contributed by atoms with Crippen LogP contribution in [-0.4, -0.2) is 36.7 Å². The van der Waals surface area contributed by atoms with Gasteiger partial charge in [-0.15, -0.1) is 0 Å². The summed E-state index contributed by atoms with van der Waals surface area (Å²) in [5, 5.41) is 3.51. The number of carbonyl (C=O) groups is 2. The molecule has 1 aliphatic heterocycles. The monoisotopic (exact) mass is 453 g/mol. The van der Waals surface area contributed by atoms with Crippen LogP contribution in [0.25, 0.3) is 0 Å². The number of rotatable bonds is 8. The van der Waals surface area contributed by atoms with Crippen LogP contribution in [0.4, 0.5) is 5.69 Å². The molecule has 0 fully saturated rings. The lowest BCUT2D eigenvalue weighted by Crippen LogP contribution is -2.46. The number of halogens is 1. The molecule has 0 saturated heterocycles. The Labute approximate surface area is 195 Å². The minimum atomic E-state index is -0.579. The van der Waals surface area contributed by atoms with Crippen LogP contribution in [0.5, 0.6) is 0 Å². The Bertz CT molecular complexity index is 988. The molecule has 2 unspecified atom stereocenters. The highest BCUT2D eigenvalue weighted by Crippen LogP contribution is 2.32. The average Bonchev–Trinajstić information content (AvgIpc) is 2.88. The second-order valence-corrected chi connectivity index (χ2v) is 9.23. The predicted octanol–water partition coefficient (Wildman–Crippen LogP) is 5.10. The standard InChI is InChI=1S/C26H32ClN3O2/c1-5-18(4)24-26(32)30(16-23(31)28-14-13-17(2)3)22-12-11-20(27)15-21(22)25(29-24)19-9-7-6-8-10-19/h6-12,15,17-18,24H,5,13-14,16H2,1-4H3,(H,28,31). The van der Waals surface area contributed by atoms with Crippen LogP contribution in [0.15, 0.2) is 53.5 Å². The maximum absolute atomic E-state index is 13.7. The third-order valence-corrected chi connectivity index (χ3v) is 6.10. The smallest absolute Gasteiger partial charge is 0.252 e. The second kappa shape index (κ2) is 10.8. The van der Waals surface area contributed by atoms with E-state index in [0.717, 1.165) is 29.7 Å². The van der Waals surface area contributed by atoms with Crippen LogP contribution in [-0.2, 0) is 9.59 Å². The summed E-state index contributed by atoms with van der Waals surface area (Å²) in [7, 11) is 0. The van der Waals surface area contributed by atoms with Crippen molar-refractivity contribution in [2.75, 3.05) is 18.0 Å². The molecule has 0 spiro atoms. The van der Waals surface area contributed by atoms with E-state index < -0.39 is 6.04 Å². The van der Waals surface area contributed by atoms with Crippen LogP contribution in [0.2, 0.25) is 5.02 Å². The molecular formula is C26H32ClN3O2. The van der Waals surface area contributed by atoms with Gasteiger partial charge in [-0.1, -0.05) is 76.0 Å². The molecule has 1 heterocycles. The lowest BCUT2D eigenvalue weighted by Gasteiger charge is -2.26. The Balaban J connectivity index is 2.06. The van der Waals surface area contributed by atoms with Crippen LogP contribution >= 0.6 is 11.6 Å². The Morgan fingerprint density at radius 2 is 1.88 bits per heavy atom. The molecule has 0 aromatic heterocycles. The molecule has 0 saturated carbocycles. The predicted molar refractivity (Wildman–Crippen MR) is 132 cm³/mol. The fraction of sp³-hybridized carbons (Fsp3) is 0.423. The zero-order valence-corrected chi connectivity index (χ0v) is 20.0. The van der Waals surface area contributed by atoms with Crippen molar-refractivity contribution in [3.63, 3.8) is 0 Å². The van der Waals surface area contributed by atoms with Gasteiger partial charge in [0, 0.05) is 22.7 Å². The van der Waals surface area contributed by atoms with Crippen molar-refractivity contribution in [1.82, 2.24) is 5.32 Å². The molecule has 1 aliphatic rings. The number of carbonyl (C=O) groups excluding carboxylic acids is 2. The number of aliphatic imine (C=N–C) groups is 1. The Morgan fingerprint density at radius 3 is 2.53 bits per heavy atom. The van der Waals surface area contributed by atoms with Crippen LogP contribution in [0.1, 0.15) is 51.7 Å². The number of amides is 2. The SMILES string of the molecule is CCC(C)C1N=C(c2ccccc2)c2cc(Cl)ccc2N(CC(=O)NCCC(C)C)C1=O. The summed E-state index contributed by atoms with van der Waals surface area (Å²) >= 11 is 6.36. The normalized spacial score (nSPS) is 16.9. The Kier molecular flexibility index (Phi) is 8.08. The number of hydrogen-bond donors (Lipinski definition) is 1. The van der Waals surface area contributed by atoms with Crippen molar-refractivity contribution in [2.24, 2.45) is 16.8 Å². The number of hydrogen-bond acceptors (Lipinski definition) is 3. The summed E-state index contributed by atoms with van der Waals surface area (Å²) in [6.45, 7) is 8.85. The molecule has 0 aliphatic carbocycles. The molecule has 2 amide bonds. The molecule has 0 radical (unpaired) electrons. The lowest BCUT2D eigenvalue weighted by molar-refractivity contribution is -0.125. The zero-order valence-electron chi connectivity index (χ0n) is 19.3. The fourth-order valence-electron chi connectivity index (χ4n) is 3.76. The number of fused-ring (bicyclic) bond motifs is 1. The van der Waals surface area contributed by atoms with Gasteiger partial charge in [0.05, 0.1) is 11.4 Å². The first-order valence-electron chi connectivity index (χ1n) is 11.3. The van der Waals surface area contributed by atoms with E-state index >= 15 is 0 Å². The summed E-state index contributed by atoms with van der Waals surface area (Å²) in [4.78, 5) is 33.0. The van der Waals surface area contributed by atoms with E-state index in [1.165, 1.54) is 0 Å². The van der Waals surface area contributed by atoms with Crippen LogP contribution < -0.4 is 10.2 Å². The molecule has 1 N–H and O–H groups in total. The van der Waals surface area contributed by atoms with Gasteiger partial charge < -0.3 is 10.2 Å². The quantitative estimate of drug-likeness (QED) is 0.604. The third-order valence-electron chi connectivity index (χ3n) is 5.87. The Hall–Kier alpha value is -2.66. The minimum Gasteiger partial charge on any atom is -0.355 e. The average molecular weight is 454 g/mol. The van der Waals surface area contributed by atoms with Gasteiger partial charge in [-0.05, 0) is 36.5 Å². The van der Waals surface area contributed by atoms with E-state index in [9.17, 15) is 9.59 Å². The van der Waals surface area contributed by atoms with Gasteiger partial charge in [-0.25, -0.2) is 0 Å². The van der Waals surface area contributed by atoms with E-state index in [1.54, 1.807) is 11.0 Å². The van der Waals surface area contributed by atoms with Crippen molar-refractivity contribution in [2.45, 2.75) is 46.6 Å². The van der Waals surface area contributed by atoms with Crippen LogP contribution in [0.3, 0.4) is 0 Å². The molecule has 2 aromatic rings. The molecule has 3 rings (SSSR count). The topological polar surface area (TPSA) is 61.8 Å². The largest absolute Gasteiger partial charge is 0.355 e. The number of nitrogens with zero attached hydrogens (tertiary/aromatic N) is 2. The van der Waals surface area contributed by atoms with E-state index in [1.807, 2.05) is 56.3 Å². The van der Waals surface area contributed by atoms with E-state index in [4.69, 9.17) is 16.6 Å². The van der Waals surface area contributed by atoms with Crippen molar-refractivity contribution in [3.8, 4) is 0 Å². The highest BCUT2D eigenvalue weighted by Gasteiger charge is 2.35. The summed E-state index contributed by atoms with van der Waals surface area (Å²) in [6, 6.07) is 14.6. The van der Waals surface area contributed by atoms with Gasteiger partial charge in [-0.3, -0.25) is 14.6 Å². The van der Waals surface area contributed by atoms with E-state index in [-0.39, 0.29) is 24.3 Å². The molecule has 5 nitrogen and oxygen atoms in total. The molecular weight excluding hydrogens is 422 g/mol. The van der Waals surface area contributed by atoms with Crippen molar-refractivity contribution >= 4 is 34.8 Å². The molecule has 6 heteroatoms. The van der Waals surface area contributed by atoms with Gasteiger partial charge in [0.25, 0.3) is 5.91 Å². The summed E-state index contributed by atoms with van der Waals surface area (Å²) in [5.41, 5.74) is 3.06. The lowest BCUT2D eigenvalue weighted by atomic mass is 9.98. The summed E-state index contributed by atoms with van der Waals surface area (Å²) < 4.78 is 0. The third kappa shape index (κ3) is 5.57. The fourth-order valence-corrected chi connectivity index (χ4v) is 3.93. The maximum Gasteiger partial charge on any atom is 0.252 e. The summed E-state index contributed by atoms with van der Waals surface area (Å²) in [6.07, 6.45) is 1.69. The first-order valence-corrected chi connectivity index (χ1v) is 11.7. The molecule has 2 atom stereocenters. The number of anilines is 1. The van der Waals surface area contributed by atoms with Crippen LogP contribution in [0, 0.1) is 11.8 Å². The first kappa shape index (κ1) is 24.0. The number of nitrogens with one attached hydrogen (secondary N) is 1. The number of benzodiazepines with no additional fused rings is 1. The molecule has 170 valence electrons. The number of benzene rings is 2. The summed E-state index contributed by atoms with van der Waals surface area (Å²) in [5.74, 6) is 0.186. The minimum absolute atomic E-state index is 0.0255. The van der Waals surface area contributed by atoms with Crippen molar-refractivity contribution in [1.29, 1.82) is 0 Å². The molecule has 32 heavy (non-hydrogen) atoms. The first-order chi connectivity index (χ1) is 15.3. The van der Waals surface area contributed by atoms with Gasteiger partial charge in [0.15, 0.2) is 0 Å².